The van der Waals surface area contributed by atoms with Gasteiger partial charge in [-0.25, -0.2) is 0 Å². The monoisotopic (exact) mass is 140 g/mol. The Labute approximate surface area is 71.5 Å². The van der Waals surface area contributed by atoms with Gasteiger partial charge in [-0.3, -0.25) is 6.08 Å². The Balaban J connectivity index is -0.0000000221. The zero-order valence-corrected chi connectivity index (χ0v) is 8.01. The average molecular weight is 140 g/mol. The molecule has 0 aromatic carbocycles. The molecule has 0 amide bonds. The van der Waals surface area contributed by atoms with E-state index in [-0.39, 0.29) is 17.4 Å². The van der Waals surface area contributed by atoms with Gasteiger partial charge in [0, 0.05) is 0 Å². The molecule has 0 saturated carbocycles. The molecular formula is C8H17Al. The number of allylic oxidation sites excluding steroid dienone is 1. The molecule has 0 atom stereocenters. The van der Waals surface area contributed by atoms with Crippen molar-refractivity contribution >= 4 is 17.4 Å². The molecule has 0 spiro atoms. The van der Waals surface area contributed by atoms with E-state index in [4.69, 9.17) is 6.58 Å². The first-order valence-electron chi connectivity index (χ1n) is 2.86. The molecule has 0 rings (SSSR count). The van der Waals surface area contributed by atoms with Gasteiger partial charge in [0.25, 0.3) is 0 Å². The molecule has 0 aromatic rings. The van der Waals surface area contributed by atoms with E-state index in [9.17, 15) is 0 Å². The predicted molar refractivity (Wildman–Crippen MR) is 47.0 cm³/mol. The first-order chi connectivity index (χ1) is 3.91. The summed E-state index contributed by atoms with van der Waals surface area (Å²) in [4.78, 5) is 0. The second kappa shape index (κ2) is 84.7. The van der Waals surface area contributed by atoms with Crippen molar-refractivity contribution in [2.45, 2.75) is 27.2 Å². The third kappa shape index (κ3) is 201. The van der Waals surface area contributed by atoms with Gasteiger partial charge in [-0.15, -0.1) is 0 Å². The van der Waals surface area contributed by atoms with Gasteiger partial charge in [-0.05, 0) is 0 Å². The van der Waals surface area contributed by atoms with E-state index < -0.39 is 0 Å². The smallest absolute Gasteiger partial charge is 0.518 e. The maximum atomic E-state index is 4.90. The summed E-state index contributed by atoms with van der Waals surface area (Å²) in [7, 11) is 0. The molecule has 0 saturated heterocycles. The molecule has 0 unspecified atom stereocenters. The van der Waals surface area contributed by atoms with E-state index in [1.165, 1.54) is 0 Å². The van der Waals surface area contributed by atoms with Crippen molar-refractivity contribution in [3.63, 3.8) is 0 Å². The fraction of sp³-hybridized carbons (Fsp3) is 0.500. The second-order valence-electron chi connectivity index (χ2n) is 0.644. The van der Waals surface area contributed by atoms with Crippen LogP contribution in [0.25, 0.3) is 0 Å². The van der Waals surface area contributed by atoms with Crippen LogP contribution in [-0.2, 0) is 0 Å². The standard InChI is InChI=1S/C4H7.2C2H5.Al/c1-3-4-2;2*1-2;/h1,3H,4H2,2H3;2*1H2,2H3;/q3*-1;+3. The Morgan fingerprint density at radius 2 is 1.33 bits per heavy atom. The van der Waals surface area contributed by atoms with Gasteiger partial charge >= 0.3 is 17.4 Å². The Morgan fingerprint density at radius 1 is 1.22 bits per heavy atom. The molecule has 0 aliphatic rings. The predicted octanol–water partition coefficient (Wildman–Crippen LogP) is 2.69. The summed E-state index contributed by atoms with van der Waals surface area (Å²) < 4.78 is 0. The van der Waals surface area contributed by atoms with Crippen molar-refractivity contribution in [2.24, 2.45) is 0 Å². The Hall–Kier alpha value is 0.272. The third-order valence-corrected chi connectivity index (χ3v) is 0.236. The molecule has 1 heteroatoms. The second-order valence-corrected chi connectivity index (χ2v) is 0.644. The molecule has 0 bridgehead atoms. The summed E-state index contributed by atoms with van der Waals surface area (Å²) in [5, 5.41) is 0. The minimum absolute atomic E-state index is 0. The van der Waals surface area contributed by atoms with E-state index in [0.717, 1.165) is 6.42 Å². The fourth-order valence-electron chi connectivity index (χ4n) is 0. The topological polar surface area (TPSA) is 0 Å². The molecule has 0 nitrogen and oxygen atoms in total. The van der Waals surface area contributed by atoms with Crippen molar-refractivity contribution in [1.82, 2.24) is 0 Å². The summed E-state index contributed by atoms with van der Waals surface area (Å²) in [5.74, 6) is 0. The maximum absolute atomic E-state index is 4.90. The number of rotatable bonds is 1. The Bertz CT molecular complexity index is 18.5. The van der Waals surface area contributed by atoms with Gasteiger partial charge < -0.3 is 20.4 Å². The largest absolute Gasteiger partial charge is 3.00 e. The molecule has 0 heterocycles. The molecular weight excluding hydrogens is 123 g/mol. The van der Waals surface area contributed by atoms with Crippen molar-refractivity contribution in [2.75, 3.05) is 0 Å². The third-order valence-electron chi connectivity index (χ3n) is 0.236. The molecule has 0 fully saturated rings. The molecule has 0 aliphatic heterocycles. The minimum atomic E-state index is 0. The Morgan fingerprint density at radius 3 is 1.33 bits per heavy atom. The zero-order chi connectivity index (χ0) is 7.41. The van der Waals surface area contributed by atoms with Gasteiger partial charge in [0.05, 0.1) is 0 Å². The molecule has 0 aromatic heterocycles. The summed E-state index contributed by atoms with van der Waals surface area (Å²) in [5.41, 5.74) is 0. The first kappa shape index (κ1) is 22.8. The van der Waals surface area contributed by atoms with Crippen molar-refractivity contribution in [3.05, 3.63) is 26.5 Å². The van der Waals surface area contributed by atoms with Gasteiger partial charge in [-0.2, -0.15) is 13.8 Å². The number of hydrogen-bond donors (Lipinski definition) is 0. The average Bonchev–Trinajstić information content (AvgIpc) is 1.96. The first-order valence-corrected chi connectivity index (χ1v) is 2.86. The Kier molecular flexibility index (Phi) is 215. The van der Waals surface area contributed by atoms with Crippen LogP contribution < -0.4 is 0 Å². The van der Waals surface area contributed by atoms with Crippen LogP contribution >= 0.6 is 0 Å². The van der Waals surface area contributed by atoms with E-state index in [1.807, 2.05) is 6.92 Å². The van der Waals surface area contributed by atoms with Crippen LogP contribution in [0.15, 0.2) is 6.08 Å². The molecule has 9 heavy (non-hydrogen) atoms. The fourth-order valence-corrected chi connectivity index (χ4v) is 0. The minimum Gasteiger partial charge on any atom is -0.518 e. The van der Waals surface area contributed by atoms with E-state index in [0.29, 0.717) is 0 Å². The van der Waals surface area contributed by atoms with Crippen LogP contribution in [0.3, 0.4) is 0 Å². The van der Waals surface area contributed by atoms with E-state index in [1.54, 1.807) is 19.9 Å². The molecule has 0 aliphatic carbocycles. The van der Waals surface area contributed by atoms with Gasteiger partial charge in [0.1, 0.15) is 0 Å². The van der Waals surface area contributed by atoms with Gasteiger partial charge in [0.15, 0.2) is 0 Å². The van der Waals surface area contributed by atoms with Crippen LogP contribution in [0.5, 0.6) is 0 Å². The molecule has 0 radical (unpaired) electrons. The zero-order valence-electron chi connectivity index (χ0n) is 6.85. The van der Waals surface area contributed by atoms with Crippen molar-refractivity contribution in [1.29, 1.82) is 0 Å². The van der Waals surface area contributed by atoms with Crippen LogP contribution in [-0.4, -0.2) is 17.4 Å². The summed E-state index contributed by atoms with van der Waals surface area (Å²) in [6, 6.07) is 0. The normalized spacial score (nSPS) is 4.11. The molecule has 52 valence electrons. The summed E-state index contributed by atoms with van der Waals surface area (Å²) >= 11 is 0. The van der Waals surface area contributed by atoms with Crippen LogP contribution in [0, 0.1) is 20.4 Å². The SMILES string of the molecule is [Al+3].[CH-]=CCC.[CH2-]C.[CH2-]C. The quantitative estimate of drug-likeness (QED) is 0.388. The van der Waals surface area contributed by atoms with Crippen LogP contribution in [0.2, 0.25) is 0 Å². The van der Waals surface area contributed by atoms with E-state index >= 15 is 0 Å². The summed E-state index contributed by atoms with van der Waals surface area (Å²) in [6.07, 6.45) is 2.60. The maximum Gasteiger partial charge on any atom is 3.00 e. The molecule has 0 N–H and O–H groups in total. The summed E-state index contributed by atoms with van der Waals surface area (Å²) in [6.45, 7) is 16.9. The van der Waals surface area contributed by atoms with Gasteiger partial charge in [0.2, 0.25) is 0 Å². The van der Waals surface area contributed by atoms with Crippen molar-refractivity contribution < 1.29 is 0 Å². The van der Waals surface area contributed by atoms with E-state index in [2.05, 4.69) is 13.8 Å². The van der Waals surface area contributed by atoms with Gasteiger partial charge in [-0.1, -0.05) is 13.3 Å². The number of hydrogen-bond acceptors (Lipinski definition) is 0. The van der Waals surface area contributed by atoms with Crippen LogP contribution in [0.1, 0.15) is 27.2 Å². The van der Waals surface area contributed by atoms with Crippen molar-refractivity contribution in [3.8, 4) is 0 Å². The van der Waals surface area contributed by atoms with Crippen LogP contribution in [0.4, 0.5) is 0 Å².